The molecule has 0 saturated carbocycles. The van der Waals surface area contributed by atoms with Gasteiger partial charge in [0.25, 0.3) is 5.91 Å². The predicted octanol–water partition coefficient (Wildman–Crippen LogP) is 8.44. The molecule has 6 saturated heterocycles. The summed E-state index contributed by atoms with van der Waals surface area (Å²) in [4.78, 5) is 18.2. The minimum absolute atomic E-state index is 0.0706. The Labute approximate surface area is 276 Å². The highest BCUT2D eigenvalue weighted by Crippen LogP contribution is 2.33. The quantitative estimate of drug-likeness (QED) is 0.335. The van der Waals surface area contributed by atoms with Gasteiger partial charge in [-0.3, -0.25) is 14.6 Å². The monoisotopic (exact) mass is 624 g/mol. The fraction of sp³-hybridized carbons (Fsp3) is 0.632. The summed E-state index contributed by atoms with van der Waals surface area (Å²) in [7, 11) is 0. The maximum Gasteiger partial charge on any atom is 0.251 e. The topological polar surface area (TPSA) is 47.6 Å². The van der Waals surface area contributed by atoms with Gasteiger partial charge in [0.05, 0.1) is 0 Å². The molecule has 5 nitrogen and oxygen atoms in total. The molecule has 6 heterocycles. The number of hydrogen-bond acceptors (Lipinski definition) is 4. The van der Waals surface area contributed by atoms with Crippen molar-refractivity contribution in [3.05, 3.63) is 71.8 Å². The van der Waals surface area contributed by atoms with Crippen molar-refractivity contribution in [2.24, 2.45) is 11.8 Å². The number of piperidine rings is 6. The first kappa shape index (κ1) is 39.7. The first-order chi connectivity index (χ1) is 21.5. The molecule has 2 aromatic carbocycles. The summed E-state index contributed by atoms with van der Waals surface area (Å²) in [6.07, 6.45) is 5.09. The molecule has 0 aliphatic carbocycles. The van der Waals surface area contributed by atoms with Gasteiger partial charge in [-0.25, -0.2) is 0 Å². The Bertz CT molecular complexity index is 930. The van der Waals surface area contributed by atoms with Crippen LogP contribution in [0.4, 0.5) is 0 Å². The van der Waals surface area contributed by atoms with Crippen molar-refractivity contribution in [3.8, 4) is 0 Å². The normalized spacial score (nSPS) is 28.6. The number of fused-ring (bicyclic) bond motifs is 6. The van der Waals surface area contributed by atoms with Crippen LogP contribution in [0.2, 0.25) is 0 Å². The van der Waals surface area contributed by atoms with Crippen LogP contribution in [0.5, 0.6) is 0 Å². The van der Waals surface area contributed by atoms with Gasteiger partial charge in [0.1, 0.15) is 4.99 Å². The molecule has 8 rings (SSSR count). The zero-order valence-corrected chi connectivity index (χ0v) is 30.4. The molecule has 4 unspecified atom stereocenters. The van der Waals surface area contributed by atoms with E-state index in [1.165, 1.54) is 51.9 Å². The second-order valence-corrected chi connectivity index (χ2v) is 11.4. The van der Waals surface area contributed by atoms with Gasteiger partial charge in [0.2, 0.25) is 0 Å². The van der Waals surface area contributed by atoms with Gasteiger partial charge in [0, 0.05) is 35.3 Å². The molecule has 1 amide bonds. The highest BCUT2D eigenvalue weighted by Gasteiger charge is 2.41. The van der Waals surface area contributed by atoms with Crippen LogP contribution in [0.25, 0.3) is 0 Å². The van der Waals surface area contributed by atoms with E-state index in [1.807, 2.05) is 104 Å². The Morgan fingerprint density at radius 3 is 1.30 bits per heavy atom. The standard InChI is InChI=1S/C15H20N2O.C15H20N2S.4C2H6/c2*1-11-14(12-7-9-17(11)10-8-12)16-15(18)13-5-3-2-4-6-13;4*1-2/h2*2-6,11-12,14H,7-10H2,1H3,(H,16,18);4*1-2H3. The SMILES string of the molecule is CC.CC.CC.CC.CC1C(NC(=O)c2ccccc2)C2CCN1CC2.CC1C(NC(=S)c2ccccc2)C2CCN1CC2. The third-order valence-corrected chi connectivity index (χ3v) is 9.38. The second-order valence-electron chi connectivity index (χ2n) is 11.0. The Balaban J connectivity index is 0.000000359. The van der Waals surface area contributed by atoms with E-state index in [9.17, 15) is 4.79 Å². The third kappa shape index (κ3) is 11.0. The van der Waals surface area contributed by atoms with E-state index in [1.54, 1.807) is 0 Å². The molecule has 2 N–H and O–H groups in total. The molecule has 6 fully saturated rings. The number of thiocarbonyl (C=S) groups is 1. The molecular weight excluding hydrogens is 561 g/mol. The molecule has 6 aliphatic heterocycles. The highest BCUT2D eigenvalue weighted by atomic mass is 32.1. The lowest BCUT2D eigenvalue weighted by atomic mass is 9.79. The van der Waals surface area contributed by atoms with Crippen LogP contribution >= 0.6 is 12.2 Å². The zero-order chi connectivity index (χ0) is 33.1. The summed E-state index contributed by atoms with van der Waals surface area (Å²) in [5.74, 6) is 1.53. The number of rotatable bonds is 4. The van der Waals surface area contributed by atoms with Gasteiger partial charge in [0.15, 0.2) is 0 Å². The molecule has 4 atom stereocenters. The summed E-state index contributed by atoms with van der Waals surface area (Å²) in [6, 6.07) is 21.7. The molecule has 6 aliphatic rings. The average molecular weight is 625 g/mol. The van der Waals surface area contributed by atoms with Crippen molar-refractivity contribution in [1.82, 2.24) is 20.4 Å². The Hall–Kier alpha value is -2.28. The molecule has 0 radical (unpaired) electrons. The van der Waals surface area contributed by atoms with Crippen molar-refractivity contribution in [1.29, 1.82) is 0 Å². The van der Waals surface area contributed by atoms with E-state index in [2.05, 4.69) is 46.4 Å². The summed E-state index contributed by atoms with van der Waals surface area (Å²) < 4.78 is 0. The van der Waals surface area contributed by atoms with E-state index in [0.29, 0.717) is 30.1 Å². The Kier molecular flexibility index (Phi) is 20.1. The van der Waals surface area contributed by atoms with Gasteiger partial charge >= 0.3 is 0 Å². The van der Waals surface area contributed by atoms with Crippen LogP contribution in [0.3, 0.4) is 0 Å². The molecular formula is C38H64N4OS. The van der Waals surface area contributed by atoms with Crippen LogP contribution in [0.15, 0.2) is 60.7 Å². The summed E-state index contributed by atoms with van der Waals surface area (Å²) in [6.45, 7) is 25.5. The van der Waals surface area contributed by atoms with Crippen molar-refractivity contribution >= 4 is 23.1 Å². The van der Waals surface area contributed by atoms with Crippen LogP contribution in [-0.4, -0.2) is 71.0 Å². The minimum atomic E-state index is 0.0706. The van der Waals surface area contributed by atoms with Crippen molar-refractivity contribution in [3.63, 3.8) is 0 Å². The van der Waals surface area contributed by atoms with Crippen molar-refractivity contribution < 1.29 is 4.79 Å². The van der Waals surface area contributed by atoms with Crippen LogP contribution < -0.4 is 10.6 Å². The smallest absolute Gasteiger partial charge is 0.251 e. The average Bonchev–Trinajstić information content (AvgIpc) is 3.12. The van der Waals surface area contributed by atoms with Gasteiger partial charge in [-0.15, -0.1) is 0 Å². The lowest BCUT2D eigenvalue weighted by Crippen LogP contribution is -2.62. The number of carbonyl (C=O) groups excluding carboxylic acids is 1. The summed E-state index contributed by atoms with van der Waals surface area (Å²) in [5, 5.41) is 6.84. The Morgan fingerprint density at radius 2 is 0.932 bits per heavy atom. The number of hydrogen-bond donors (Lipinski definition) is 2. The van der Waals surface area contributed by atoms with E-state index in [-0.39, 0.29) is 5.91 Å². The lowest BCUT2D eigenvalue weighted by Gasteiger charge is -2.50. The van der Waals surface area contributed by atoms with Gasteiger partial charge in [-0.1, -0.05) is 116 Å². The molecule has 0 spiro atoms. The first-order valence-corrected chi connectivity index (χ1v) is 18.1. The maximum absolute atomic E-state index is 12.2. The largest absolute Gasteiger partial charge is 0.371 e. The van der Waals surface area contributed by atoms with E-state index in [4.69, 9.17) is 12.2 Å². The lowest BCUT2D eigenvalue weighted by molar-refractivity contribution is 0.0217. The number of carbonyl (C=O) groups is 1. The number of amides is 1. The Morgan fingerprint density at radius 1 is 0.591 bits per heavy atom. The molecule has 44 heavy (non-hydrogen) atoms. The van der Waals surface area contributed by atoms with Crippen molar-refractivity contribution in [2.75, 3.05) is 26.2 Å². The van der Waals surface area contributed by atoms with Gasteiger partial charge in [-0.05, 0) is 89.7 Å². The molecule has 248 valence electrons. The molecule has 2 aromatic rings. The third-order valence-electron chi connectivity index (χ3n) is 9.02. The fourth-order valence-corrected chi connectivity index (χ4v) is 7.01. The van der Waals surface area contributed by atoms with E-state index in [0.717, 1.165) is 22.0 Å². The van der Waals surface area contributed by atoms with Crippen LogP contribution in [0.1, 0.15) is 111 Å². The maximum atomic E-state index is 12.2. The first-order valence-electron chi connectivity index (χ1n) is 17.7. The predicted molar refractivity (Wildman–Crippen MR) is 196 cm³/mol. The summed E-state index contributed by atoms with van der Waals surface area (Å²) >= 11 is 5.54. The number of nitrogens with one attached hydrogen (secondary N) is 2. The van der Waals surface area contributed by atoms with E-state index < -0.39 is 0 Å². The second kappa shape index (κ2) is 22.3. The zero-order valence-electron chi connectivity index (χ0n) is 29.6. The van der Waals surface area contributed by atoms with Crippen LogP contribution in [0, 0.1) is 11.8 Å². The van der Waals surface area contributed by atoms with Gasteiger partial charge < -0.3 is 10.6 Å². The fourth-order valence-electron chi connectivity index (χ4n) is 6.74. The number of nitrogens with zero attached hydrogens (tertiary/aromatic N) is 2. The highest BCUT2D eigenvalue weighted by molar-refractivity contribution is 7.80. The summed E-state index contributed by atoms with van der Waals surface area (Å²) in [5.41, 5.74) is 1.90. The molecule has 4 bridgehead atoms. The molecule has 0 aromatic heterocycles. The van der Waals surface area contributed by atoms with Gasteiger partial charge in [-0.2, -0.15) is 0 Å². The van der Waals surface area contributed by atoms with Crippen LogP contribution in [-0.2, 0) is 0 Å². The number of benzene rings is 2. The van der Waals surface area contributed by atoms with E-state index >= 15 is 0 Å². The minimum Gasteiger partial charge on any atom is -0.371 e. The van der Waals surface area contributed by atoms with Crippen molar-refractivity contribution in [2.45, 2.75) is 119 Å². The molecule has 6 heteroatoms.